The normalized spacial score (nSPS) is 10.5. The van der Waals surface area contributed by atoms with Gasteiger partial charge in [-0.3, -0.25) is 4.79 Å². The molecule has 1 heterocycles. The van der Waals surface area contributed by atoms with Gasteiger partial charge in [0.25, 0.3) is 0 Å². The molecule has 0 atom stereocenters. The number of tetrazole rings is 1. The molecule has 2 rings (SSSR count). The summed E-state index contributed by atoms with van der Waals surface area (Å²) in [4.78, 5) is 10.6. The van der Waals surface area contributed by atoms with E-state index >= 15 is 0 Å². The molecule has 0 radical (unpaired) electrons. The molecule has 88 valence electrons. The fourth-order valence-corrected chi connectivity index (χ4v) is 1.55. The topological polar surface area (TPSA) is 80.9 Å². The maximum atomic E-state index is 10.6. The smallest absolute Gasteiger partial charge is 0.325 e. The van der Waals surface area contributed by atoms with Gasteiger partial charge in [-0.25, -0.2) is 4.68 Å². The molecule has 2 aromatic rings. The van der Waals surface area contributed by atoms with Crippen LogP contribution in [-0.4, -0.2) is 31.3 Å². The van der Waals surface area contributed by atoms with Crippen LogP contribution >= 0.6 is 11.6 Å². The summed E-state index contributed by atoms with van der Waals surface area (Å²) in [6.07, 6.45) is 0. The Morgan fingerprint density at radius 2 is 2.29 bits per heavy atom. The van der Waals surface area contributed by atoms with Crippen molar-refractivity contribution < 1.29 is 9.90 Å². The standard InChI is InChI=1S/C10H9ClN4O2/c1-6-4-7(2-3-8(6)11)10-12-13-14-15(10)5-9(16)17/h2-4H,5H2,1H3,(H,16,17). The number of aryl methyl sites for hydroxylation is 1. The van der Waals surface area contributed by atoms with E-state index in [0.717, 1.165) is 11.1 Å². The van der Waals surface area contributed by atoms with Gasteiger partial charge in [0, 0.05) is 10.6 Å². The van der Waals surface area contributed by atoms with Gasteiger partial charge < -0.3 is 5.11 Å². The highest BCUT2D eigenvalue weighted by molar-refractivity contribution is 6.31. The molecule has 7 heteroatoms. The largest absolute Gasteiger partial charge is 0.480 e. The summed E-state index contributed by atoms with van der Waals surface area (Å²) < 4.78 is 1.23. The molecule has 1 aromatic carbocycles. The summed E-state index contributed by atoms with van der Waals surface area (Å²) in [6, 6.07) is 5.29. The average molecular weight is 253 g/mol. The number of nitrogens with zero attached hydrogens (tertiary/aromatic N) is 4. The molecule has 1 aromatic heterocycles. The van der Waals surface area contributed by atoms with Crippen molar-refractivity contribution in [1.29, 1.82) is 0 Å². The van der Waals surface area contributed by atoms with E-state index in [4.69, 9.17) is 16.7 Å². The van der Waals surface area contributed by atoms with Gasteiger partial charge in [0.15, 0.2) is 5.82 Å². The number of carboxylic acids is 1. The Morgan fingerprint density at radius 3 is 2.94 bits per heavy atom. The molecule has 0 fully saturated rings. The van der Waals surface area contributed by atoms with Crippen LogP contribution in [0.25, 0.3) is 11.4 Å². The predicted octanol–water partition coefficient (Wildman–Crippen LogP) is 1.39. The number of aliphatic carboxylic acids is 1. The maximum Gasteiger partial charge on any atom is 0.325 e. The lowest BCUT2D eigenvalue weighted by Crippen LogP contribution is -2.11. The minimum atomic E-state index is -0.996. The molecular weight excluding hydrogens is 244 g/mol. The van der Waals surface area contributed by atoms with Crippen molar-refractivity contribution in [1.82, 2.24) is 20.2 Å². The van der Waals surface area contributed by atoms with Gasteiger partial charge >= 0.3 is 5.97 Å². The van der Waals surface area contributed by atoms with Gasteiger partial charge in [-0.1, -0.05) is 11.6 Å². The van der Waals surface area contributed by atoms with Crippen LogP contribution in [0.2, 0.25) is 5.02 Å². The Balaban J connectivity index is 2.42. The molecule has 17 heavy (non-hydrogen) atoms. The van der Waals surface area contributed by atoms with Gasteiger partial charge in [-0.2, -0.15) is 0 Å². The van der Waals surface area contributed by atoms with E-state index in [2.05, 4.69) is 15.5 Å². The number of benzene rings is 1. The summed E-state index contributed by atoms with van der Waals surface area (Å²) in [5.74, 6) is -0.587. The van der Waals surface area contributed by atoms with Crippen LogP contribution in [0.4, 0.5) is 0 Å². The Hall–Kier alpha value is -1.95. The Kier molecular flexibility index (Phi) is 3.06. The van der Waals surface area contributed by atoms with E-state index in [1.165, 1.54) is 4.68 Å². The van der Waals surface area contributed by atoms with Crippen molar-refractivity contribution in [2.45, 2.75) is 13.5 Å². The first-order chi connectivity index (χ1) is 8.08. The van der Waals surface area contributed by atoms with Crippen LogP contribution < -0.4 is 0 Å². The van der Waals surface area contributed by atoms with Gasteiger partial charge in [0.2, 0.25) is 0 Å². The molecule has 0 saturated heterocycles. The van der Waals surface area contributed by atoms with Crippen molar-refractivity contribution >= 4 is 17.6 Å². The molecular formula is C10H9ClN4O2. The van der Waals surface area contributed by atoms with Gasteiger partial charge in [-0.15, -0.1) is 5.10 Å². The number of hydrogen-bond donors (Lipinski definition) is 1. The molecule has 0 unspecified atom stereocenters. The third kappa shape index (κ3) is 2.42. The lowest BCUT2D eigenvalue weighted by atomic mass is 10.1. The van der Waals surface area contributed by atoms with Crippen molar-refractivity contribution in [3.05, 3.63) is 28.8 Å². The highest BCUT2D eigenvalue weighted by Crippen LogP contribution is 2.22. The number of carbonyl (C=O) groups is 1. The van der Waals surface area contributed by atoms with E-state index in [9.17, 15) is 4.79 Å². The fraction of sp³-hybridized carbons (Fsp3) is 0.200. The van der Waals surface area contributed by atoms with E-state index in [-0.39, 0.29) is 6.54 Å². The molecule has 0 aliphatic carbocycles. The Labute approximate surface area is 102 Å². The van der Waals surface area contributed by atoms with E-state index in [1.54, 1.807) is 12.1 Å². The van der Waals surface area contributed by atoms with Crippen molar-refractivity contribution in [2.75, 3.05) is 0 Å². The minimum Gasteiger partial charge on any atom is -0.480 e. The van der Waals surface area contributed by atoms with Crippen LogP contribution in [0.1, 0.15) is 5.56 Å². The third-order valence-electron chi connectivity index (χ3n) is 2.23. The molecule has 1 N–H and O–H groups in total. The SMILES string of the molecule is Cc1cc(-c2nnnn2CC(=O)O)ccc1Cl. The zero-order chi connectivity index (χ0) is 12.4. The summed E-state index contributed by atoms with van der Waals surface area (Å²) >= 11 is 5.91. The number of hydrogen-bond acceptors (Lipinski definition) is 4. The van der Waals surface area contributed by atoms with Crippen molar-refractivity contribution in [2.24, 2.45) is 0 Å². The highest BCUT2D eigenvalue weighted by Gasteiger charge is 2.12. The number of rotatable bonds is 3. The summed E-state index contributed by atoms with van der Waals surface area (Å²) in [5, 5.41) is 20.3. The first-order valence-electron chi connectivity index (χ1n) is 4.82. The Morgan fingerprint density at radius 1 is 1.53 bits per heavy atom. The number of halogens is 1. The van der Waals surface area contributed by atoms with Gasteiger partial charge in [0.1, 0.15) is 6.54 Å². The van der Waals surface area contributed by atoms with E-state index < -0.39 is 5.97 Å². The lowest BCUT2D eigenvalue weighted by molar-refractivity contribution is -0.137. The predicted molar refractivity (Wildman–Crippen MR) is 60.6 cm³/mol. The van der Waals surface area contributed by atoms with Crippen LogP contribution in [0, 0.1) is 6.92 Å². The Bertz CT molecular complexity index is 567. The zero-order valence-corrected chi connectivity index (χ0v) is 9.72. The molecule has 0 aliphatic rings. The van der Waals surface area contributed by atoms with Gasteiger partial charge in [-0.05, 0) is 41.1 Å². The van der Waals surface area contributed by atoms with Crippen LogP contribution in [0.5, 0.6) is 0 Å². The zero-order valence-electron chi connectivity index (χ0n) is 8.96. The second kappa shape index (κ2) is 4.50. The van der Waals surface area contributed by atoms with E-state index in [0.29, 0.717) is 10.8 Å². The molecule has 0 amide bonds. The summed E-state index contributed by atoms with van der Waals surface area (Å²) in [7, 11) is 0. The van der Waals surface area contributed by atoms with Crippen molar-refractivity contribution in [3.8, 4) is 11.4 Å². The van der Waals surface area contributed by atoms with E-state index in [1.807, 2.05) is 13.0 Å². The summed E-state index contributed by atoms with van der Waals surface area (Å²) in [6.45, 7) is 1.58. The van der Waals surface area contributed by atoms with Crippen LogP contribution in [0.3, 0.4) is 0 Å². The highest BCUT2D eigenvalue weighted by atomic mass is 35.5. The van der Waals surface area contributed by atoms with Crippen LogP contribution in [0.15, 0.2) is 18.2 Å². The average Bonchev–Trinajstić information content (AvgIpc) is 2.69. The van der Waals surface area contributed by atoms with Crippen molar-refractivity contribution in [3.63, 3.8) is 0 Å². The quantitative estimate of drug-likeness (QED) is 0.893. The minimum absolute atomic E-state index is 0.274. The molecule has 0 saturated carbocycles. The first kappa shape index (κ1) is 11.5. The second-order valence-corrected chi connectivity index (χ2v) is 3.93. The molecule has 0 aliphatic heterocycles. The second-order valence-electron chi connectivity index (χ2n) is 3.52. The lowest BCUT2D eigenvalue weighted by Gasteiger charge is -2.03. The maximum absolute atomic E-state index is 10.6. The number of carboxylic acid groups (broad SMARTS) is 1. The van der Waals surface area contributed by atoms with Crippen LogP contribution in [-0.2, 0) is 11.3 Å². The number of aromatic nitrogens is 4. The molecule has 0 spiro atoms. The molecule has 6 nitrogen and oxygen atoms in total. The summed E-state index contributed by atoms with van der Waals surface area (Å²) in [5.41, 5.74) is 1.62. The fourth-order valence-electron chi connectivity index (χ4n) is 1.43. The van der Waals surface area contributed by atoms with Gasteiger partial charge in [0.05, 0.1) is 0 Å². The third-order valence-corrected chi connectivity index (χ3v) is 2.66. The molecule has 0 bridgehead atoms. The monoisotopic (exact) mass is 252 g/mol. The first-order valence-corrected chi connectivity index (χ1v) is 5.20.